The fraction of sp³-hybridized carbons (Fsp3) is 0.227. The van der Waals surface area contributed by atoms with Crippen molar-refractivity contribution >= 4 is 34.3 Å². The van der Waals surface area contributed by atoms with Gasteiger partial charge in [-0.1, -0.05) is 55.9 Å². The Bertz CT molecular complexity index is 1230. The largest absolute Gasteiger partial charge is 0.493 e. The molecule has 0 fully saturated rings. The number of ether oxygens (including phenoxy) is 1. The first-order valence-electron chi connectivity index (χ1n) is 9.77. The highest BCUT2D eigenvalue weighted by atomic mass is 32.2. The molecule has 0 bridgehead atoms. The minimum absolute atomic E-state index is 0.142. The number of carbonyl (C=O) groups is 1. The highest BCUT2D eigenvalue weighted by Crippen LogP contribution is 2.33. The van der Waals surface area contributed by atoms with Crippen LogP contribution in [-0.4, -0.2) is 33.6 Å². The van der Waals surface area contributed by atoms with E-state index in [2.05, 4.69) is 29.4 Å². The van der Waals surface area contributed by atoms with Crippen LogP contribution in [0, 0.1) is 0 Å². The summed E-state index contributed by atoms with van der Waals surface area (Å²) in [6.45, 7) is 4.18. The Labute approximate surface area is 183 Å². The van der Waals surface area contributed by atoms with Crippen LogP contribution in [0.4, 0.5) is 5.69 Å². The quantitative estimate of drug-likeness (QED) is 0.328. The Morgan fingerprint density at radius 1 is 1.23 bits per heavy atom. The number of nitrogens with one attached hydrogen (secondary N) is 1. The predicted molar refractivity (Wildman–Crippen MR) is 122 cm³/mol. The molecule has 9 heteroatoms. The number of rotatable bonds is 7. The summed E-state index contributed by atoms with van der Waals surface area (Å²) >= 11 is 1.20. The van der Waals surface area contributed by atoms with E-state index < -0.39 is 0 Å². The minimum Gasteiger partial charge on any atom is -0.493 e. The number of thioether (sulfide) groups is 1. The maximum absolute atomic E-state index is 12.5. The van der Waals surface area contributed by atoms with Gasteiger partial charge in [0.15, 0.2) is 17.1 Å². The van der Waals surface area contributed by atoms with E-state index in [1.807, 2.05) is 48.5 Å². The Morgan fingerprint density at radius 3 is 2.81 bits per heavy atom. The van der Waals surface area contributed by atoms with Crippen molar-refractivity contribution in [2.75, 3.05) is 24.0 Å². The van der Waals surface area contributed by atoms with Gasteiger partial charge in [-0.15, -0.1) is 10.2 Å². The molecule has 2 aromatic heterocycles. The van der Waals surface area contributed by atoms with Crippen LogP contribution in [0.3, 0.4) is 0 Å². The van der Waals surface area contributed by atoms with Crippen LogP contribution in [0.2, 0.25) is 0 Å². The van der Waals surface area contributed by atoms with Gasteiger partial charge in [-0.25, -0.2) is 4.68 Å². The zero-order valence-corrected chi connectivity index (χ0v) is 18.3. The fourth-order valence-electron chi connectivity index (χ4n) is 3.28. The highest BCUT2D eigenvalue weighted by Gasteiger charge is 2.19. The van der Waals surface area contributed by atoms with Gasteiger partial charge in [0.05, 0.1) is 12.9 Å². The van der Waals surface area contributed by atoms with Crippen molar-refractivity contribution in [2.45, 2.75) is 24.9 Å². The molecule has 0 aliphatic carbocycles. The zero-order valence-electron chi connectivity index (χ0n) is 17.5. The molecule has 2 aromatic carbocycles. The van der Waals surface area contributed by atoms with Gasteiger partial charge in [0.1, 0.15) is 0 Å². The van der Waals surface area contributed by atoms with Crippen LogP contribution in [0.1, 0.15) is 25.3 Å². The Morgan fingerprint density at radius 2 is 2.03 bits per heavy atom. The number of aromatic nitrogens is 3. The van der Waals surface area contributed by atoms with Crippen LogP contribution >= 0.6 is 11.8 Å². The summed E-state index contributed by atoms with van der Waals surface area (Å²) in [5.41, 5.74) is 2.51. The van der Waals surface area contributed by atoms with E-state index in [1.165, 1.54) is 16.4 Å². The van der Waals surface area contributed by atoms with Crippen molar-refractivity contribution in [3.05, 3.63) is 54.1 Å². The zero-order chi connectivity index (χ0) is 22.0. The topological polar surface area (TPSA) is 108 Å². The molecular formula is C22H23N5O3S. The molecule has 0 radical (unpaired) electrons. The van der Waals surface area contributed by atoms with Crippen LogP contribution in [0.5, 0.6) is 5.75 Å². The van der Waals surface area contributed by atoms with Gasteiger partial charge in [0.2, 0.25) is 16.9 Å². The molecule has 1 amide bonds. The van der Waals surface area contributed by atoms with Crippen LogP contribution in [0.15, 0.2) is 58.1 Å². The third-order valence-electron chi connectivity index (χ3n) is 4.80. The summed E-state index contributed by atoms with van der Waals surface area (Å²) in [7, 11) is 1.59. The Balaban J connectivity index is 1.48. The van der Waals surface area contributed by atoms with Gasteiger partial charge in [-0.05, 0) is 29.7 Å². The number of fused-ring (bicyclic) bond motifs is 1. The summed E-state index contributed by atoms with van der Waals surface area (Å²) in [6.07, 6.45) is 0. The van der Waals surface area contributed by atoms with Crippen molar-refractivity contribution in [1.29, 1.82) is 0 Å². The lowest BCUT2D eigenvalue weighted by Crippen LogP contribution is -2.17. The molecule has 0 aliphatic heterocycles. The van der Waals surface area contributed by atoms with Crippen LogP contribution in [0.25, 0.3) is 22.6 Å². The number of nitrogens with zero attached hydrogens (tertiary/aromatic N) is 3. The molecule has 8 nitrogen and oxygen atoms in total. The number of anilines is 1. The van der Waals surface area contributed by atoms with E-state index >= 15 is 0 Å². The lowest BCUT2D eigenvalue weighted by molar-refractivity contribution is -0.113. The van der Waals surface area contributed by atoms with E-state index in [-0.39, 0.29) is 11.7 Å². The lowest BCUT2D eigenvalue weighted by Gasteiger charge is -2.13. The van der Waals surface area contributed by atoms with Crippen molar-refractivity contribution in [3.8, 4) is 17.3 Å². The normalized spacial score (nSPS) is 11.2. The number of hydrogen-bond donors (Lipinski definition) is 2. The second-order valence-electron chi connectivity index (χ2n) is 7.24. The first-order chi connectivity index (χ1) is 15.0. The van der Waals surface area contributed by atoms with Gasteiger partial charge in [-0.3, -0.25) is 4.79 Å². The maximum Gasteiger partial charge on any atom is 0.234 e. The second-order valence-corrected chi connectivity index (χ2v) is 8.19. The monoisotopic (exact) mass is 437 g/mol. The fourth-order valence-corrected chi connectivity index (χ4v) is 3.94. The molecule has 160 valence electrons. The third kappa shape index (κ3) is 4.22. The number of para-hydroxylation sites is 2. The molecule has 0 saturated carbocycles. The third-order valence-corrected chi connectivity index (χ3v) is 5.75. The number of carbonyl (C=O) groups excluding carboxylic acids is 1. The van der Waals surface area contributed by atoms with Gasteiger partial charge in [0.25, 0.3) is 0 Å². The predicted octanol–water partition coefficient (Wildman–Crippen LogP) is 4.27. The highest BCUT2D eigenvalue weighted by molar-refractivity contribution is 7.99. The van der Waals surface area contributed by atoms with E-state index in [9.17, 15) is 4.79 Å². The van der Waals surface area contributed by atoms with E-state index in [1.54, 1.807) is 7.11 Å². The molecular weight excluding hydrogens is 414 g/mol. The van der Waals surface area contributed by atoms with E-state index in [4.69, 9.17) is 15.0 Å². The number of furan rings is 1. The summed E-state index contributed by atoms with van der Waals surface area (Å²) in [4.78, 5) is 12.5. The van der Waals surface area contributed by atoms with E-state index in [0.717, 1.165) is 16.6 Å². The first kappa shape index (κ1) is 20.8. The van der Waals surface area contributed by atoms with Crippen molar-refractivity contribution < 1.29 is 13.9 Å². The summed E-state index contributed by atoms with van der Waals surface area (Å²) in [6, 6.07) is 15.2. The van der Waals surface area contributed by atoms with Crippen molar-refractivity contribution in [2.24, 2.45) is 0 Å². The molecule has 31 heavy (non-hydrogen) atoms. The first-order valence-corrected chi connectivity index (χ1v) is 10.8. The lowest BCUT2D eigenvalue weighted by atomic mass is 10.0. The Hall–Kier alpha value is -3.46. The molecule has 0 aliphatic rings. The molecule has 4 rings (SSSR count). The molecule has 0 saturated heterocycles. The molecule has 0 unspecified atom stereocenters. The molecule has 2 heterocycles. The van der Waals surface area contributed by atoms with Crippen molar-refractivity contribution in [3.63, 3.8) is 0 Å². The average molecular weight is 438 g/mol. The molecule has 3 N–H and O–H groups in total. The van der Waals surface area contributed by atoms with Gasteiger partial charge in [-0.2, -0.15) is 0 Å². The van der Waals surface area contributed by atoms with Crippen molar-refractivity contribution in [1.82, 2.24) is 14.9 Å². The summed E-state index contributed by atoms with van der Waals surface area (Å²) < 4.78 is 12.5. The Kier molecular flexibility index (Phi) is 5.85. The van der Waals surface area contributed by atoms with Crippen LogP contribution in [-0.2, 0) is 4.79 Å². The number of amides is 1. The molecule has 0 spiro atoms. The average Bonchev–Trinajstić information content (AvgIpc) is 3.35. The molecule has 0 atom stereocenters. The standard InChI is InChI=1S/C22H23N5O3S/c1-13(2)15-8-4-5-9-16(15)24-19(28)12-31-22-26-25-21(27(22)23)18-11-14-7-6-10-17(29-3)20(14)30-18/h4-11,13H,12,23H2,1-3H3,(H,24,28). The van der Waals surface area contributed by atoms with Gasteiger partial charge < -0.3 is 20.3 Å². The number of nitrogen functional groups attached to an aromatic ring is 1. The number of benzene rings is 2. The van der Waals surface area contributed by atoms with Gasteiger partial charge in [0, 0.05) is 11.1 Å². The minimum atomic E-state index is -0.142. The van der Waals surface area contributed by atoms with Crippen LogP contribution < -0.4 is 15.9 Å². The smallest absolute Gasteiger partial charge is 0.234 e. The number of hydrogen-bond acceptors (Lipinski definition) is 7. The maximum atomic E-state index is 12.5. The number of methoxy groups -OCH3 is 1. The SMILES string of the molecule is COc1cccc2cc(-c3nnc(SCC(=O)Nc4ccccc4C(C)C)n3N)oc12. The molecule has 4 aromatic rings. The second kappa shape index (κ2) is 8.73. The summed E-state index contributed by atoms with van der Waals surface area (Å²) in [5.74, 6) is 7.95. The van der Waals surface area contributed by atoms with E-state index in [0.29, 0.717) is 34.0 Å². The number of nitrogens with two attached hydrogens (primary N) is 1. The summed E-state index contributed by atoms with van der Waals surface area (Å²) in [5, 5.41) is 12.5. The van der Waals surface area contributed by atoms with Gasteiger partial charge >= 0.3 is 0 Å².